The van der Waals surface area contributed by atoms with E-state index in [2.05, 4.69) is 10.6 Å². The number of nitro groups is 1. The largest absolute Gasteiger partial charge is 0.508 e. The third-order valence-corrected chi connectivity index (χ3v) is 2.26. The van der Waals surface area contributed by atoms with Gasteiger partial charge in [0.25, 0.3) is 5.69 Å². The first kappa shape index (κ1) is 12.9. The Bertz CT molecular complexity index is 447. The van der Waals surface area contributed by atoms with Crippen molar-refractivity contribution < 1.29 is 14.8 Å². The first-order valence-electron chi connectivity index (χ1n) is 4.91. The number of phenolic OH excluding ortho intramolecular Hbond substituents is 1. The van der Waals surface area contributed by atoms with Crippen LogP contribution >= 0.6 is 0 Å². The number of likely N-dealkylation sites (N-methyl/N-ethyl adjacent to an activating group) is 1. The summed E-state index contributed by atoms with van der Waals surface area (Å²) in [6.07, 6.45) is 0. The fourth-order valence-electron chi connectivity index (χ4n) is 1.15. The molecule has 0 aliphatic rings. The van der Waals surface area contributed by atoms with Gasteiger partial charge in [0.15, 0.2) is 0 Å². The Kier molecular flexibility index (Phi) is 4.00. The van der Waals surface area contributed by atoms with Crippen molar-refractivity contribution in [3.8, 4) is 5.75 Å². The van der Waals surface area contributed by atoms with Crippen molar-refractivity contribution in [1.29, 1.82) is 0 Å². The smallest absolute Gasteiger partial charge is 0.296 e. The standard InChI is InChI=1S/C10H13N3O4/c1-6(11-2)10(15)12-8-4-3-7(14)5-9(8)13(16)17/h3-6,11,14H,1-2H3,(H,12,15). The number of nitrogens with one attached hydrogen (secondary N) is 2. The molecule has 1 atom stereocenters. The fourth-order valence-corrected chi connectivity index (χ4v) is 1.15. The molecule has 0 spiro atoms. The minimum atomic E-state index is -0.667. The summed E-state index contributed by atoms with van der Waals surface area (Å²) in [6.45, 7) is 1.63. The highest BCUT2D eigenvalue weighted by molar-refractivity contribution is 5.96. The summed E-state index contributed by atoms with van der Waals surface area (Å²) in [5.41, 5.74) is -0.290. The SMILES string of the molecule is CNC(C)C(=O)Nc1ccc(O)cc1[N+](=O)[O-]. The van der Waals surface area contributed by atoms with Crippen LogP contribution in [0.1, 0.15) is 6.92 Å². The fraction of sp³-hybridized carbons (Fsp3) is 0.300. The summed E-state index contributed by atoms with van der Waals surface area (Å²) in [7, 11) is 1.61. The molecule has 0 radical (unpaired) electrons. The van der Waals surface area contributed by atoms with Crippen LogP contribution in [0.2, 0.25) is 0 Å². The van der Waals surface area contributed by atoms with Gasteiger partial charge in [-0.3, -0.25) is 14.9 Å². The minimum absolute atomic E-state index is 0.0555. The van der Waals surface area contributed by atoms with E-state index >= 15 is 0 Å². The molecule has 1 aromatic carbocycles. The number of anilines is 1. The van der Waals surface area contributed by atoms with E-state index in [1.54, 1.807) is 14.0 Å². The van der Waals surface area contributed by atoms with E-state index in [1.807, 2.05) is 0 Å². The second-order valence-electron chi connectivity index (χ2n) is 3.46. The number of nitrogens with zero attached hydrogens (tertiary/aromatic N) is 1. The maximum absolute atomic E-state index is 11.5. The van der Waals surface area contributed by atoms with Gasteiger partial charge in [0.2, 0.25) is 5.91 Å². The van der Waals surface area contributed by atoms with Crippen molar-refractivity contribution in [3.63, 3.8) is 0 Å². The van der Waals surface area contributed by atoms with Crippen molar-refractivity contribution in [1.82, 2.24) is 5.32 Å². The molecule has 3 N–H and O–H groups in total. The quantitative estimate of drug-likeness (QED) is 0.410. The van der Waals surface area contributed by atoms with Gasteiger partial charge >= 0.3 is 0 Å². The Morgan fingerprint density at radius 1 is 1.53 bits per heavy atom. The lowest BCUT2D eigenvalue weighted by Gasteiger charge is -2.11. The molecule has 1 unspecified atom stereocenters. The summed E-state index contributed by atoms with van der Waals surface area (Å²) in [5, 5.41) is 25.0. The van der Waals surface area contributed by atoms with E-state index in [0.717, 1.165) is 6.07 Å². The summed E-state index contributed by atoms with van der Waals surface area (Å²) >= 11 is 0. The van der Waals surface area contributed by atoms with Crippen molar-refractivity contribution in [2.45, 2.75) is 13.0 Å². The monoisotopic (exact) mass is 239 g/mol. The molecule has 7 heteroatoms. The van der Waals surface area contributed by atoms with E-state index in [0.29, 0.717) is 0 Å². The second-order valence-corrected chi connectivity index (χ2v) is 3.46. The molecule has 1 amide bonds. The average molecular weight is 239 g/mol. The molecular weight excluding hydrogens is 226 g/mol. The number of rotatable bonds is 4. The Morgan fingerprint density at radius 2 is 2.18 bits per heavy atom. The number of amides is 1. The van der Waals surface area contributed by atoms with Crippen molar-refractivity contribution in [3.05, 3.63) is 28.3 Å². The molecule has 1 aromatic rings. The lowest BCUT2D eigenvalue weighted by Crippen LogP contribution is -2.35. The highest BCUT2D eigenvalue weighted by Gasteiger charge is 2.18. The van der Waals surface area contributed by atoms with Crippen molar-refractivity contribution >= 4 is 17.3 Å². The number of carbonyl (C=O) groups excluding carboxylic acids is 1. The Labute approximate surface area is 97.6 Å². The average Bonchev–Trinajstić information content (AvgIpc) is 2.29. The molecule has 0 aliphatic carbocycles. The summed E-state index contributed by atoms with van der Waals surface area (Å²) in [4.78, 5) is 21.6. The molecule has 92 valence electrons. The van der Waals surface area contributed by atoms with Gasteiger partial charge in [-0.15, -0.1) is 0 Å². The minimum Gasteiger partial charge on any atom is -0.508 e. The highest BCUT2D eigenvalue weighted by Crippen LogP contribution is 2.28. The lowest BCUT2D eigenvalue weighted by atomic mass is 10.2. The van der Waals surface area contributed by atoms with Crippen LogP contribution in [0.25, 0.3) is 0 Å². The first-order chi connectivity index (χ1) is 7.95. The van der Waals surface area contributed by atoms with E-state index in [-0.39, 0.29) is 23.0 Å². The van der Waals surface area contributed by atoms with Gasteiger partial charge in [0, 0.05) is 0 Å². The molecule has 0 heterocycles. The first-order valence-corrected chi connectivity index (χ1v) is 4.91. The van der Waals surface area contributed by atoms with Gasteiger partial charge in [0.1, 0.15) is 11.4 Å². The van der Waals surface area contributed by atoms with Crippen LogP contribution in [0.4, 0.5) is 11.4 Å². The Balaban J connectivity index is 2.98. The number of benzene rings is 1. The zero-order chi connectivity index (χ0) is 13.0. The zero-order valence-electron chi connectivity index (χ0n) is 9.43. The number of hydrogen-bond acceptors (Lipinski definition) is 5. The molecule has 0 fully saturated rings. The van der Waals surface area contributed by atoms with Crippen LogP contribution in [-0.2, 0) is 4.79 Å². The molecule has 7 nitrogen and oxygen atoms in total. The Hall–Kier alpha value is -2.15. The van der Waals surface area contributed by atoms with Gasteiger partial charge in [-0.05, 0) is 26.1 Å². The third kappa shape index (κ3) is 3.15. The van der Waals surface area contributed by atoms with Gasteiger partial charge in [0.05, 0.1) is 17.0 Å². The van der Waals surface area contributed by atoms with Crippen LogP contribution in [0, 0.1) is 10.1 Å². The topological polar surface area (TPSA) is 104 Å². The number of nitro benzene ring substituents is 1. The number of aromatic hydroxyl groups is 1. The highest BCUT2D eigenvalue weighted by atomic mass is 16.6. The molecule has 0 bridgehead atoms. The molecule has 0 saturated heterocycles. The van der Waals surface area contributed by atoms with Crippen molar-refractivity contribution in [2.24, 2.45) is 0 Å². The van der Waals surface area contributed by atoms with Gasteiger partial charge in [-0.25, -0.2) is 0 Å². The van der Waals surface area contributed by atoms with Gasteiger partial charge in [-0.2, -0.15) is 0 Å². The number of carbonyl (C=O) groups is 1. The number of phenols is 1. The van der Waals surface area contributed by atoms with Gasteiger partial charge in [-0.1, -0.05) is 0 Å². The molecular formula is C10H13N3O4. The van der Waals surface area contributed by atoms with Crippen LogP contribution in [0.3, 0.4) is 0 Å². The molecule has 0 saturated carbocycles. The maximum Gasteiger partial charge on any atom is 0.296 e. The predicted molar refractivity (Wildman–Crippen MR) is 61.9 cm³/mol. The van der Waals surface area contributed by atoms with Crippen LogP contribution < -0.4 is 10.6 Å². The van der Waals surface area contributed by atoms with E-state index in [4.69, 9.17) is 5.11 Å². The van der Waals surface area contributed by atoms with Gasteiger partial charge < -0.3 is 15.7 Å². The molecule has 0 aromatic heterocycles. The summed E-state index contributed by atoms with van der Waals surface area (Å²) in [6, 6.07) is 3.07. The van der Waals surface area contributed by atoms with E-state index < -0.39 is 11.0 Å². The molecule has 0 aliphatic heterocycles. The van der Waals surface area contributed by atoms with E-state index in [1.165, 1.54) is 12.1 Å². The zero-order valence-corrected chi connectivity index (χ0v) is 9.43. The van der Waals surface area contributed by atoms with Crippen LogP contribution in [-0.4, -0.2) is 29.0 Å². The lowest BCUT2D eigenvalue weighted by molar-refractivity contribution is -0.384. The third-order valence-electron chi connectivity index (χ3n) is 2.26. The van der Waals surface area contributed by atoms with Crippen LogP contribution in [0.15, 0.2) is 18.2 Å². The predicted octanol–water partition coefficient (Wildman–Crippen LogP) is 0.847. The summed E-state index contributed by atoms with van der Waals surface area (Å²) in [5.74, 6) is -0.613. The summed E-state index contributed by atoms with van der Waals surface area (Å²) < 4.78 is 0. The number of hydrogen-bond donors (Lipinski definition) is 3. The van der Waals surface area contributed by atoms with Crippen molar-refractivity contribution in [2.75, 3.05) is 12.4 Å². The van der Waals surface area contributed by atoms with Crippen LogP contribution in [0.5, 0.6) is 5.75 Å². The molecule has 1 rings (SSSR count). The normalized spacial score (nSPS) is 11.9. The second kappa shape index (κ2) is 5.26. The Morgan fingerprint density at radius 3 is 2.71 bits per heavy atom. The van der Waals surface area contributed by atoms with E-state index in [9.17, 15) is 14.9 Å². The molecule has 17 heavy (non-hydrogen) atoms. The maximum atomic E-state index is 11.5.